The quantitative estimate of drug-likeness (QED) is 0.615. The van der Waals surface area contributed by atoms with Gasteiger partial charge in [0.05, 0.1) is 11.6 Å². The summed E-state index contributed by atoms with van der Waals surface area (Å²) in [7, 11) is 0. The van der Waals surface area contributed by atoms with E-state index in [0.717, 1.165) is 18.2 Å². The maximum absolute atomic E-state index is 10.5. The summed E-state index contributed by atoms with van der Waals surface area (Å²) in [4.78, 5) is 10.5. The molecule has 1 N–H and O–H groups in total. The lowest BCUT2D eigenvalue weighted by molar-refractivity contribution is -0.131. The maximum Gasteiger partial charge on any atom is 0.328 e. The van der Waals surface area contributed by atoms with Crippen molar-refractivity contribution in [2.45, 2.75) is 6.42 Å². The van der Waals surface area contributed by atoms with Gasteiger partial charge in [-0.05, 0) is 30.6 Å². The largest absolute Gasteiger partial charge is 0.491 e. The van der Waals surface area contributed by atoms with E-state index in [1.54, 1.807) is 30.0 Å². The summed E-state index contributed by atoms with van der Waals surface area (Å²) < 4.78 is 5.61. The van der Waals surface area contributed by atoms with Crippen molar-refractivity contribution < 1.29 is 14.6 Å². The lowest BCUT2D eigenvalue weighted by Gasteiger charge is -2.10. The van der Waals surface area contributed by atoms with Crippen LogP contribution >= 0.6 is 23.4 Å². The Morgan fingerprint density at radius 2 is 2.33 bits per heavy atom. The molecular weight excluding hydrogens is 272 g/mol. The van der Waals surface area contributed by atoms with Crippen LogP contribution in [0.4, 0.5) is 0 Å². The van der Waals surface area contributed by atoms with Gasteiger partial charge in [-0.15, -0.1) is 0 Å². The molecule has 0 aromatic heterocycles. The maximum atomic E-state index is 10.5. The number of para-hydroxylation sites is 1. The lowest BCUT2D eigenvalue weighted by Crippen LogP contribution is -2.00. The van der Waals surface area contributed by atoms with Gasteiger partial charge in [0.2, 0.25) is 0 Å². The third-order valence-corrected chi connectivity index (χ3v) is 3.14. The molecule has 0 aliphatic rings. The molecule has 1 aromatic carbocycles. The molecular formula is C13H15ClO3S. The Morgan fingerprint density at radius 1 is 1.56 bits per heavy atom. The Bertz CT molecular complexity index is 432. The molecule has 0 heterocycles. The SMILES string of the molecule is CSCCCOc1c(Cl)cccc1/C=C/C(=O)O. The third kappa shape index (κ3) is 5.02. The second-order valence-electron chi connectivity index (χ2n) is 3.52. The van der Waals surface area contributed by atoms with E-state index in [9.17, 15) is 4.79 Å². The topological polar surface area (TPSA) is 46.5 Å². The fourth-order valence-corrected chi connectivity index (χ4v) is 1.99. The number of hydrogen-bond acceptors (Lipinski definition) is 3. The molecule has 1 aromatic rings. The number of thioether (sulfide) groups is 1. The van der Waals surface area contributed by atoms with Crippen molar-refractivity contribution in [1.82, 2.24) is 0 Å². The molecule has 1 rings (SSSR count). The van der Waals surface area contributed by atoms with Crippen molar-refractivity contribution in [1.29, 1.82) is 0 Å². The van der Waals surface area contributed by atoms with Gasteiger partial charge >= 0.3 is 5.97 Å². The minimum atomic E-state index is -0.997. The van der Waals surface area contributed by atoms with Gasteiger partial charge in [-0.2, -0.15) is 11.8 Å². The van der Waals surface area contributed by atoms with Crippen molar-refractivity contribution in [3.8, 4) is 5.75 Å². The lowest BCUT2D eigenvalue weighted by atomic mass is 10.2. The molecule has 0 aliphatic carbocycles. The summed E-state index contributed by atoms with van der Waals surface area (Å²) in [5.41, 5.74) is 0.675. The molecule has 98 valence electrons. The van der Waals surface area contributed by atoms with Crippen LogP contribution in [0.15, 0.2) is 24.3 Å². The molecule has 0 aliphatic heterocycles. The van der Waals surface area contributed by atoms with E-state index in [1.165, 1.54) is 6.08 Å². The van der Waals surface area contributed by atoms with Crippen LogP contribution in [0, 0.1) is 0 Å². The van der Waals surface area contributed by atoms with Crippen molar-refractivity contribution in [2.75, 3.05) is 18.6 Å². The van der Waals surface area contributed by atoms with Crippen LogP contribution in [0.25, 0.3) is 6.08 Å². The molecule has 0 atom stereocenters. The summed E-state index contributed by atoms with van der Waals surface area (Å²) in [6.07, 6.45) is 5.52. The summed E-state index contributed by atoms with van der Waals surface area (Å²) in [5, 5.41) is 9.11. The number of carboxylic acid groups (broad SMARTS) is 1. The van der Waals surface area contributed by atoms with Crippen molar-refractivity contribution in [2.24, 2.45) is 0 Å². The summed E-state index contributed by atoms with van der Waals surface area (Å²) in [5.74, 6) is 0.561. The molecule has 0 fully saturated rings. The first kappa shape index (κ1) is 14.9. The first-order chi connectivity index (χ1) is 8.65. The Labute approximate surface area is 116 Å². The van der Waals surface area contributed by atoms with Crippen molar-refractivity contribution in [3.63, 3.8) is 0 Å². The Balaban J connectivity index is 2.77. The van der Waals surface area contributed by atoms with E-state index in [4.69, 9.17) is 21.4 Å². The first-order valence-electron chi connectivity index (χ1n) is 5.46. The first-order valence-corrected chi connectivity index (χ1v) is 7.23. The molecule has 0 amide bonds. The number of carboxylic acids is 1. The van der Waals surface area contributed by atoms with E-state index in [1.807, 2.05) is 6.26 Å². The van der Waals surface area contributed by atoms with E-state index in [2.05, 4.69) is 0 Å². The average Bonchev–Trinajstić information content (AvgIpc) is 2.34. The van der Waals surface area contributed by atoms with Gasteiger partial charge in [0, 0.05) is 11.6 Å². The van der Waals surface area contributed by atoms with Gasteiger partial charge in [0.1, 0.15) is 5.75 Å². The average molecular weight is 287 g/mol. The van der Waals surface area contributed by atoms with Crippen molar-refractivity contribution >= 4 is 35.4 Å². The highest BCUT2D eigenvalue weighted by atomic mass is 35.5. The van der Waals surface area contributed by atoms with Gasteiger partial charge in [-0.1, -0.05) is 23.7 Å². The molecule has 0 spiro atoms. The van der Waals surface area contributed by atoms with Gasteiger partial charge in [-0.25, -0.2) is 4.79 Å². The second-order valence-corrected chi connectivity index (χ2v) is 4.92. The zero-order valence-electron chi connectivity index (χ0n) is 10.1. The fraction of sp³-hybridized carbons (Fsp3) is 0.308. The number of hydrogen-bond donors (Lipinski definition) is 1. The van der Waals surface area contributed by atoms with Crippen LogP contribution in [0.1, 0.15) is 12.0 Å². The highest BCUT2D eigenvalue weighted by molar-refractivity contribution is 7.98. The van der Waals surface area contributed by atoms with E-state index >= 15 is 0 Å². The molecule has 0 unspecified atom stereocenters. The monoisotopic (exact) mass is 286 g/mol. The highest BCUT2D eigenvalue weighted by Crippen LogP contribution is 2.29. The molecule has 0 bridgehead atoms. The van der Waals surface area contributed by atoms with Crippen LogP contribution in [-0.4, -0.2) is 29.7 Å². The van der Waals surface area contributed by atoms with E-state index in [-0.39, 0.29) is 0 Å². The standard InChI is InChI=1S/C13H15ClO3S/c1-18-9-3-8-17-13-10(6-7-12(15)16)4-2-5-11(13)14/h2,4-7H,3,8-9H2,1H3,(H,15,16)/b7-6+. The summed E-state index contributed by atoms with van der Waals surface area (Å²) in [6.45, 7) is 0.568. The molecule has 18 heavy (non-hydrogen) atoms. The van der Waals surface area contributed by atoms with Crippen LogP contribution < -0.4 is 4.74 Å². The zero-order chi connectivity index (χ0) is 13.4. The number of rotatable bonds is 7. The number of halogens is 1. The Kier molecular flexibility index (Phi) is 6.68. The summed E-state index contributed by atoms with van der Waals surface area (Å²) >= 11 is 7.80. The van der Waals surface area contributed by atoms with Crippen molar-refractivity contribution in [3.05, 3.63) is 34.9 Å². The predicted molar refractivity (Wildman–Crippen MR) is 76.6 cm³/mol. The fourth-order valence-electron chi connectivity index (χ4n) is 1.35. The Morgan fingerprint density at radius 3 is 3.00 bits per heavy atom. The molecule has 0 radical (unpaired) electrons. The van der Waals surface area contributed by atoms with Crippen LogP contribution in [0.3, 0.4) is 0 Å². The number of carbonyl (C=O) groups is 1. The van der Waals surface area contributed by atoms with Gasteiger partial charge in [-0.3, -0.25) is 0 Å². The molecule has 3 nitrogen and oxygen atoms in total. The minimum Gasteiger partial charge on any atom is -0.491 e. The van der Waals surface area contributed by atoms with E-state index < -0.39 is 5.97 Å². The molecule has 0 saturated heterocycles. The number of benzene rings is 1. The number of ether oxygens (including phenoxy) is 1. The van der Waals surface area contributed by atoms with E-state index in [0.29, 0.717) is 22.9 Å². The highest BCUT2D eigenvalue weighted by Gasteiger charge is 2.06. The normalized spacial score (nSPS) is 10.8. The summed E-state index contributed by atoms with van der Waals surface area (Å²) in [6, 6.07) is 5.26. The Hall–Kier alpha value is -1.13. The van der Waals surface area contributed by atoms with Crippen LogP contribution in [0.2, 0.25) is 5.02 Å². The smallest absolute Gasteiger partial charge is 0.328 e. The van der Waals surface area contributed by atoms with Gasteiger partial charge in [0.25, 0.3) is 0 Å². The predicted octanol–water partition coefficient (Wildman–Crippen LogP) is 3.57. The number of aliphatic carboxylic acids is 1. The van der Waals surface area contributed by atoms with Crippen LogP contribution in [-0.2, 0) is 4.79 Å². The third-order valence-electron chi connectivity index (χ3n) is 2.14. The van der Waals surface area contributed by atoms with Gasteiger partial charge < -0.3 is 9.84 Å². The molecule has 5 heteroatoms. The minimum absolute atomic E-state index is 0.492. The molecule has 0 saturated carbocycles. The second kappa shape index (κ2) is 8.06. The van der Waals surface area contributed by atoms with Crippen LogP contribution in [0.5, 0.6) is 5.75 Å². The van der Waals surface area contributed by atoms with Gasteiger partial charge in [0.15, 0.2) is 0 Å². The zero-order valence-corrected chi connectivity index (χ0v) is 11.6.